The molecular weight excluding hydrogens is 222 g/mol. The van der Waals surface area contributed by atoms with Crippen molar-refractivity contribution in [1.82, 2.24) is 20.1 Å². The Hall–Kier alpha value is -1.63. The van der Waals surface area contributed by atoms with E-state index in [4.69, 9.17) is 0 Å². The lowest BCUT2D eigenvalue weighted by atomic mass is 10.4. The van der Waals surface area contributed by atoms with Crippen LogP contribution < -0.4 is 16.6 Å². The first kappa shape index (κ1) is 13.4. The minimum atomic E-state index is -0.596. The van der Waals surface area contributed by atoms with E-state index >= 15 is 0 Å². The van der Waals surface area contributed by atoms with Crippen LogP contribution >= 0.6 is 0 Å². The summed E-state index contributed by atoms with van der Waals surface area (Å²) >= 11 is 0. The molecule has 96 valence electrons. The van der Waals surface area contributed by atoms with E-state index in [2.05, 4.69) is 39.2 Å². The van der Waals surface area contributed by atoms with Crippen molar-refractivity contribution in [2.75, 3.05) is 31.5 Å². The van der Waals surface area contributed by atoms with Gasteiger partial charge in [-0.2, -0.15) is 0 Å². The highest BCUT2D eigenvalue weighted by Crippen LogP contribution is 1.91. The van der Waals surface area contributed by atoms with Gasteiger partial charge in [0.05, 0.1) is 0 Å². The normalized spacial score (nSPS) is 10.8. The van der Waals surface area contributed by atoms with Gasteiger partial charge in [-0.1, -0.05) is 13.8 Å². The molecule has 1 aromatic heterocycles. The predicted octanol–water partition coefficient (Wildman–Crippen LogP) is -0.398. The number of nitrogens with zero attached hydrogens (tertiary/aromatic N) is 2. The third kappa shape index (κ3) is 4.39. The second-order valence-electron chi connectivity index (χ2n) is 3.72. The van der Waals surface area contributed by atoms with E-state index in [0.717, 1.165) is 26.1 Å². The fraction of sp³-hybridized carbons (Fsp3) is 0.700. The van der Waals surface area contributed by atoms with Crippen LogP contribution in [0.4, 0.5) is 5.82 Å². The van der Waals surface area contributed by atoms with Gasteiger partial charge in [0.15, 0.2) is 0 Å². The first-order chi connectivity index (χ1) is 8.17. The van der Waals surface area contributed by atoms with Crippen LogP contribution in [-0.2, 0) is 0 Å². The molecule has 0 unspecified atom stereocenters. The molecule has 3 N–H and O–H groups in total. The summed E-state index contributed by atoms with van der Waals surface area (Å²) in [5, 5.41) is 8.71. The first-order valence-corrected chi connectivity index (χ1v) is 5.82. The van der Waals surface area contributed by atoms with Crippen molar-refractivity contribution >= 4 is 5.82 Å². The zero-order valence-corrected chi connectivity index (χ0v) is 10.2. The van der Waals surface area contributed by atoms with Crippen molar-refractivity contribution in [3.8, 4) is 0 Å². The SMILES string of the molecule is CCCN(CC)CCNc1n[nH]c(=O)[nH]c1=O. The highest BCUT2D eigenvalue weighted by molar-refractivity contribution is 5.28. The fourth-order valence-corrected chi connectivity index (χ4v) is 1.54. The molecule has 0 aliphatic rings. The number of likely N-dealkylation sites (N-methyl/N-ethyl adjacent to an activating group) is 1. The first-order valence-electron chi connectivity index (χ1n) is 5.82. The minimum absolute atomic E-state index is 0.150. The number of aromatic nitrogens is 3. The summed E-state index contributed by atoms with van der Waals surface area (Å²) in [5.41, 5.74) is -1.09. The standard InChI is InChI=1S/C10H19N5O2/c1-3-6-15(4-2)7-5-11-8-9(16)12-10(17)14-13-8/h3-7H2,1-2H3,(H,11,13)(H2,12,14,16,17). The second kappa shape index (κ2) is 6.85. The van der Waals surface area contributed by atoms with Gasteiger partial charge in [-0.25, -0.2) is 9.89 Å². The smallest absolute Gasteiger partial charge is 0.342 e. The third-order valence-corrected chi connectivity index (χ3v) is 2.42. The van der Waals surface area contributed by atoms with E-state index in [1.807, 2.05) is 0 Å². The van der Waals surface area contributed by atoms with Gasteiger partial charge in [0, 0.05) is 13.1 Å². The van der Waals surface area contributed by atoms with Gasteiger partial charge in [0.25, 0.3) is 5.56 Å². The number of hydrogen-bond donors (Lipinski definition) is 3. The van der Waals surface area contributed by atoms with Crippen molar-refractivity contribution in [2.24, 2.45) is 0 Å². The highest BCUT2D eigenvalue weighted by atomic mass is 16.2. The van der Waals surface area contributed by atoms with Gasteiger partial charge < -0.3 is 10.2 Å². The molecule has 1 heterocycles. The Morgan fingerprint density at radius 1 is 1.29 bits per heavy atom. The van der Waals surface area contributed by atoms with Crippen molar-refractivity contribution in [2.45, 2.75) is 20.3 Å². The summed E-state index contributed by atoms with van der Waals surface area (Å²) in [5.74, 6) is 0.150. The minimum Gasteiger partial charge on any atom is -0.363 e. The molecule has 0 saturated carbocycles. The topological polar surface area (TPSA) is 93.9 Å². The summed E-state index contributed by atoms with van der Waals surface area (Å²) in [6.07, 6.45) is 1.10. The molecule has 0 radical (unpaired) electrons. The van der Waals surface area contributed by atoms with E-state index in [1.54, 1.807) is 0 Å². The Labute approximate surface area is 99.2 Å². The summed E-state index contributed by atoms with van der Waals surface area (Å²) in [4.78, 5) is 26.4. The zero-order chi connectivity index (χ0) is 12.7. The van der Waals surface area contributed by atoms with Gasteiger partial charge >= 0.3 is 5.69 Å². The Balaban J connectivity index is 2.45. The summed E-state index contributed by atoms with van der Waals surface area (Å²) in [6, 6.07) is 0. The van der Waals surface area contributed by atoms with Crippen LogP contribution in [0.2, 0.25) is 0 Å². The molecule has 0 aliphatic heterocycles. The summed E-state index contributed by atoms with van der Waals surface area (Å²) in [7, 11) is 0. The Bertz CT molecular complexity index is 439. The molecule has 7 heteroatoms. The van der Waals surface area contributed by atoms with E-state index < -0.39 is 11.2 Å². The van der Waals surface area contributed by atoms with Crippen LogP contribution in [0.5, 0.6) is 0 Å². The quantitative estimate of drug-likeness (QED) is 0.604. The Morgan fingerprint density at radius 3 is 2.65 bits per heavy atom. The Kier molecular flexibility index (Phi) is 5.41. The fourth-order valence-electron chi connectivity index (χ4n) is 1.54. The van der Waals surface area contributed by atoms with E-state index in [-0.39, 0.29) is 5.82 Å². The van der Waals surface area contributed by atoms with Crippen LogP contribution in [0.15, 0.2) is 9.59 Å². The van der Waals surface area contributed by atoms with Gasteiger partial charge in [0.2, 0.25) is 5.82 Å². The van der Waals surface area contributed by atoms with Gasteiger partial charge in [-0.3, -0.25) is 9.78 Å². The van der Waals surface area contributed by atoms with Crippen LogP contribution in [0.3, 0.4) is 0 Å². The van der Waals surface area contributed by atoms with Crippen LogP contribution in [0, 0.1) is 0 Å². The zero-order valence-electron chi connectivity index (χ0n) is 10.2. The number of anilines is 1. The molecule has 1 rings (SSSR count). The molecule has 0 atom stereocenters. The monoisotopic (exact) mass is 241 g/mol. The molecule has 0 saturated heterocycles. The van der Waals surface area contributed by atoms with Crippen LogP contribution in [0.25, 0.3) is 0 Å². The summed E-state index contributed by atoms with van der Waals surface area (Å²) < 4.78 is 0. The largest absolute Gasteiger partial charge is 0.363 e. The second-order valence-corrected chi connectivity index (χ2v) is 3.72. The molecule has 0 amide bonds. The maximum Gasteiger partial charge on any atom is 0.342 e. The molecular formula is C10H19N5O2. The summed E-state index contributed by atoms with van der Waals surface area (Å²) in [6.45, 7) is 7.70. The molecule has 0 bridgehead atoms. The lowest BCUT2D eigenvalue weighted by molar-refractivity contribution is 0.300. The van der Waals surface area contributed by atoms with Crippen LogP contribution in [0.1, 0.15) is 20.3 Å². The number of aromatic amines is 2. The number of H-pyrrole nitrogens is 2. The molecule has 0 aromatic carbocycles. The van der Waals surface area contributed by atoms with E-state index in [1.165, 1.54) is 0 Å². The molecule has 0 spiro atoms. The average Bonchev–Trinajstić information content (AvgIpc) is 2.30. The number of rotatable bonds is 7. The Morgan fingerprint density at radius 2 is 2.06 bits per heavy atom. The van der Waals surface area contributed by atoms with Gasteiger partial charge in [0.1, 0.15) is 0 Å². The van der Waals surface area contributed by atoms with Gasteiger partial charge in [-0.05, 0) is 19.5 Å². The van der Waals surface area contributed by atoms with Crippen LogP contribution in [-0.4, -0.2) is 46.3 Å². The maximum absolute atomic E-state index is 11.3. The highest BCUT2D eigenvalue weighted by Gasteiger charge is 2.03. The lowest BCUT2D eigenvalue weighted by Crippen LogP contribution is -2.32. The molecule has 7 nitrogen and oxygen atoms in total. The number of hydrogen-bond acceptors (Lipinski definition) is 5. The van der Waals surface area contributed by atoms with Crippen molar-refractivity contribution < 1.29 is 0 Å². The van der Waals surface area contributed by atoms with Crippen molar-refractivity contribution in [3.63, 3.8) is 0 Å². The maximum atomic E-state index is 11.3. The lowest BCUT2D eigenvalue weighted by Gasteiger charge is -2.19. The molecule has 0 aliphatic carbocycles. The average molecular weight is 241 g/mol. The molecule has 17 heavy (non-hydrogen) atoms. The van der Waals surface area contributed by atoms with Gasteiger partial charge in [-0.15, -0.1) is 5.10 Å². The molecule has 1 aromatic rings. The third-order valence-electron chi connectivity index (χ3n) is 2.42. The van der Waals surface area contributed by atoms with Crippen molar-refractivity contribution in [3.05, 3.63) is 20.8 Å². The van der Waals surface area contributed by atoms with E-state index in [0.29, 0.717) is 6.54 Å². The number of nitrogens with one attached hydrogen (secondary N) is 3. The van der Waals surface area contributed by atoms with Crippen molar-refractivity contribution in [1.29, 1.82) is 0 Å². The van der Waals surface area contributed by atoms with E-state index in [9.17, 15) is 9.59 Å². The molecule has 0 fully saturated rings. The predicted molar refractivity (Wildman–Crippen MR) is 66.4 cm³/mol.